The Morgan fingerprint density at radius 3 is 2.92 bits per heavy atom. The standard InChI is InChI=1S/C8H8BrN3/c1-6-2-3-8(11-12-10)7(4-6)5-9/h2-4H,5H2,1H3. The largest absolute Gasteiger partial charge is 0.0876 e. The number of hydrogen-bond donors (Lipinski definition) is 0. The topological polar surface area (TPSA) is 48.8 Å². The lowest BCUT2D eigenvalue weighted by Gasteiger charge is -2.01. The molecule has 0 atom stereocenters. The predicted molar refractivity (Wildman–Crippen MR) is 52.6 cm³/mol. The van der Waals surface area contributed by atoms with Crippen LogP contribution < -0.4 is 0 Å². The molecule has 0 aromatic heterocycles. The molecule has 3 nitrogen and oxygen atoms in total. The average molecular weight is 226 g/mol. The number of benzene rings is 1. The molecule has 0 saturated heterocycles. The maximum absolute atomic E-state index is 8.25. The summed E-state index contributed by atoms with van der Waals surface area (Å²) in [6.07, 6.45) is 0. The molecule has 1 rings (SSSR count). The number of alkyl halides is 1. The van der Waals surface area contributed by atoms with Crippen molar-refractivity contribution < 1.29 is 0 Å². The van der Waals surface area contributed by atoms with Crippen molar-refractivity contribution in [3.63, 3.8) is 0 Å². The van der Waals surface area contributed by atoms with E-state index in [1.165, 1.54) is 5.56 Å². The summed E-state index contributed by atoms with van der Waals surface area (Å²) in [6.45, 7) is 2.01. The van der Waals surface area contributed by atoms with E-state index in [-0.39, 0.29) is 0 Å². The SMILES string of the molecule is Cc1ccc(N=[N+]=[N-])c(CBr)c1. The second-order valence-electron chi connectivity index (χ2n) is 2.46. The van der Waals surface area contributed by atoms with Crippen LogP contribution in [0.5, 0.6) is 0 Å². The Labute approximate surface area is 79.2 Å². The Hall–Kier alpha value is -0.990. The molecule has 4 heteroatoms. The van der Waals surface area contributed by atoms with Crippen molar-refractivity contribution in [2.75, 3.05) is 0 Å². The van der Waals surface area contributed by atoms with Crippen LogP contribution in [0.2, 0.25) is 0 Å². The highest BCUT2D eigenvalue weighted by atomic mass is 79.9. The van der Waals surface area contributed by atoms with Gasteiger partial charge in [-0.15, -0.1) is 0 Å². The molecule has 0 unspecified atom stereocenters. The number of halogens is 1. The molecule has 0 aliphatic heterocycles. The molecule has 0 amide bonds. The second-order valence-corrected chi connectivity index (χ2v) is 3.02. The van der Waals surface area contributed by atoms with Gasteiger partial charge >= 0.3 is 0 Å². The highest BCUT2D eigenvalue weighted by molar-refractivity contribution is 9.08. The first kappa shape index (κ1) is 9.10. The van der Waals surface area contributed by atoms with Gasteiger partial charge in [0.05, 0.1) is 0 Å². The van der Waals surface area contributed by atoms with E-state index in [0.717, 1.165) is 5.56 Å². The molecule has 0 fully saturated rings. The normalized spacial score (nSPS) is 9.17. The van der Waals surface area contributed by atoms with Gasteiger partial charge in [-0.3, -0.25) is 0 Å². The van der Waals surface area contributed by atoms with Crippen molar-refractivity contribution in [2.24, 2.45) is 5.11 Å². The number of rotatable bonds is 2. The number of aryl methyl sites for hydroxylation is 1. The van der Waals surface area contributed by atoms with Crippen molar-refractivity contribution in [2.45, 2.75) is 12.3 Å². The van der Waals surface area contributed by atoms with Crippen molar-refractivity contribution in [1.82, 2.24) is 0 Å². The Morgan fingerprint density at radius 2 is 2.33 bits per heavy atom. The minimum Gasteiger partial charge on any atom is -0.0876 e. The summed E-state index contributed by atoms with van der Waals surface area (Å²) < 4.78 is 0. The van der Waals surface area contributed by atoms with Crippen molar-refractivity contribution in [3.05, 3.63) is 39.8 Å². The second kappa shape index (κ2) is 4.14. The summed E-state index contributed by atoms with van der Waals surface area (Å²) in [6, 6.07) is 5.75. The van der Waals surface area contributed by atoms with E-state index in [9.17, 15) is 0 Å². The summed E-state index contributed by atoms with van der Waals surface area (Å²) in [7, 11) is 0. The molecular weight excluding hydrogens is 218 g/mol. The lowest BCUT2D eigenvalue weighted by Crippen LogP contribution is -1.79. The molecule has 1 aromatic rings. The Morgan fingerprint density at radius 1 is 1.58 bits per heavy atom. The van der Waals surface area contributed by atoms with Crippen LogP contribution in [-0.4, -0.2) is 0 Å². The quantitative estimate of drug-likeness (QED) is 0.318. The van der Waals surface area contributed by atoms with Gasteiger partial charge in [0.15, 0.2) is 0 Å². The fourth-order valence-corrected chi connectivity index (χ4v) is 1.42. The van der Waals surface area contributed by atoms with Gasteiger partial charge in [0.1, 0.15) is 0 Å². The average Bonchev–Trinajstić information content (AvgIpc) is 2.08. The molecule has 12 heavy (non-hydrogen) atoms. The Balaban J connectivity index is 3.19. The monoisotopic (exact) mass is 225 g/mol. The number of hydrogen-bond acceptors (Lipinski definition) is 1. The first-order valence-corrected chi connectivity index (χ1v) is 4.60. The molecule has 0 heterocycles. The minimum atomic E-state index is 0.694. The van der Waals surface area contributed by atoms with Gasteiger partial charge in [0.25, 0.3) is 0 Å². The van der Waals surface area contributed by atoms with E-state index < -0.39 is 0 Å². The summed E-state index contributed by atoms with van der Waals surface area (Å²) in [5.41, 5.74) is 11.1. The maximum Gasteiger partial charge on any atom is 0.0416 e. The summed E-state index contributed by atoms with van der Waals surface area (Å²) in [5.74, 6) is 0. The van der Waals surface area contributed by atoms with Crippen LogP contribution in [0.3, 0.4) is 0 Å². The van der Waals surface area contributed by atoms with Crippen LogP contribution in [0, 0.1) is 6.92 Å². The van der Waals surface area contributed by atoms with Crippen LogP contribution in [0.15, 0.2) is 23.3 Å². The van der Waals surface area contributed by atoms with Crippen LogP contribution in [0.25, 0.3) is 10.4 Å². The zero-order valence-electron chi connectivity index (χ0n) is 6.66. The highest BCUT2D eigenvalue weighted by Crippen LogP contribution is 2.22. The zero-order chi connectivity index (χ0) is 8.97. The van der Waals surface area contributed by atoms with Gasteiger partial charge in [-0.2, -0.15) is 0 Å². The van der Waals surface area contributed by atoms with E-state index in [2.05, 4.69) is 26.0 Å². The first-order valence-electron chi connectivity index (χ1n) is 3.48. The van der Waals surface area contributed by atoms with E-state index >= 15 is 0 Å². The van der Waals surface area contributed by atoms with Crippen LogP contribution in [-0.2, 0) is 5.33 Å². The van der Waals surface area contributed by atoms with Gasteiger partial charge < -0.3 is 0 Å². The van der Waals surface area contributed by atoms with E-state index in [1.54, 1.807) is 0 Å². The molecule has 0 N–H and O–H groups in total. The van der Waals surface area contributed by atoms with Crippen molar-refractivity contribution in [1.29, 1.82) is 0 Å². The Bertz CT molecular complexity index is 329. The molecule has 0 aliphatic carbocycles. The van der Waals surface area contributed by atoms with Crippen LogP contribution >= 0.6 is 15.9 Å². The molecule has 0 bridgehead atoms. The Kier molecular flexibility index (Phi) is 3.14. The lowest BCUT2D eigenvalue weighted by atomic mass is 10.1. The van der Waals surface area contributed by atoms with Gasteiger partial charge in [-0.05, 0) is 18.0 Å². The van der Waals surface area contributed by atoms with Gasteiger partial charge in [-0.25, -0.2) is 0 Å². The molecule has 0 radical (unpaired) electrons. The third-order valence-electron chi connectivity index (χ3n) is 1.53. The van der Waals surface area contributed by atoms with Crippen molar-refractivity contribution >= 4 is 21.6 Å². The third kappa shape index (κ3) is 2.00. The molecule has 0 aliphatic rings. The summed E-state index contributed by atoms with van der Waals surface area (Å²) in [4.78, 5) is 2.75. The fraction of sp³-hybridized carbons (Fsp3) is 0.250. The number of nitrogens with zero attached hydrogens (tertiary/aromatic N) is 3. The molecule has 0 spiro atoms. The summed E-state index contributed by atoms with van der Waals surface area (Å²) in [5, 5.41) is 4.28. The fourth-order valence-electron chi connectivity index (χ4n) is 0.967. The molecule has 62 valence electrons. The predicted octanol–water partition coefficient (Wildman–Crippen LogP) is 3.83. The van der Waals surface area contributed by atoms with Crippen LogP contribution in [0.4, 0.5) is 5.69 Å². The highest BCUT2D eigenvalue weighted by Gasteiger charge is 1.97. The minimum absolute atomic E-state index is 0.694. The third-order valence-corrected chi connectivity index (χ3v) is 2.14. The number of azide groups is 1. The summed E-state index contributed by atoms with van der Waals surface area (Å²) >= 11 is 3.33. The van der Waals surface area contributed by atoms with Crippen molar-refractivity contribution in [3.8, 4) is 0 Å². The molecule has 0 saturated carbocycles. The lowest BCUT2D eigenvalue weighted by molar-refractivity contribution is 1.32. The van der Waals surface area contributed by atoms with Gasteiger partial charge in [0.2, 0.25) is 0 Å². The maximum atomic E-state index is 8.25. The van der Waals surface area contributed by atoms with E-state index in [1.807, 2.05) is 25.1 Å². The van der Waals surface area contributed by atoms with E-state index in [4.69, 9.17) is 5.53 Å². The molecule has 1 aromatic carbocycles. The smallest absolute Gasteiger partial charge is 0.0416 e. The van der Waals surface area contributed by atoms with Crippen LogP contribution in [0.1, 0.15) is 11.1 Å². The van der Waals surface area contributed by atoms with Gasteiger partial charge in [-0.1, -0.05) is 44.8 Å². The van der Waals surface area contributed by atoms with Gasteiger partial charge in [0, 0.05) is 15.9 Å². The first-order chi connectivity index (χ1) is 5.77. The zero-order valence-corrected chi connectivity index (χ0v) is 8.24. The van der Waals surface area contributed by atoms with E-state index in [0.29, 0.717) is 11.0 Å². The molecular formula is C8H8BrN3.